The van der Waals surface area contributed by atoms with Crippen LogP contribution in [0.4, 0.5) is 5.69 Å². The first-order valence-corrected chi connectivity index (χ1v) is 12.3. The minimum atomic E-state index is -0.538. The Kier molecular flexibility index (Phi) is 5.81. The number of anilines is 1. The van der Waals surface area contributed by atoms with E-state index >= 15 is 0 Å². The molecule has 0 fully saturated rings. The van der Waals surface area contributed by atoms with E-state index in [0.717, 1.165) is 33.6 Å². The number of thioether (sulfide) groups is 1. The standard InChI is InChI=1S/C26H19ClN6OS/c27-20-12-6-4-10-17(20)15-35-26-30-25-23(32-33-26)18-11-5-7-13-21(18)29-24(34-25)19-14-28-31-22(19)16-8-2-1-3-9-16/h1-14,24,29H,15H2,(H,28,31)/t24-/m0/s1. The number of halogens is 1. The number of benzene rings is 3. The summed E-state index contributed by atoms with van der Waals surface area (Å²) in [5.74, 6) is 1.03. The maximum Gasteiger partial charge on any atom is 0.247 e. The highest BCUT2D eigenvalue weighted by atomic mass is 35.5. The summed E-state index contributed by atoms with van der Waals surface area (Å²) < 4.78 is 6.44. The summed E-state index contributed by atoms with van der Waals surface area (Å²) in [7, 11) is 0. The topological polar surface area (TPSA) is 88.6 Å². The Hall–Kier alpha value is -3.88. The van der Waals surface area contributed by atoms with Gasteiger partial charge in [0.25, 0.3) is 0 Å². The zero-order valence-electron chi connectivity index (χ0n) is 18.4. The molecule has 7 nitrogen and oxygen atoms in total. The molecule has 0 amide bonds. The molecule has 1 aliphatic rings. The van der Waals surface area contributed by atoms with Crippen LogP contribution in [0.5, 0.6) is 5.88 Å². The van der Waals surface area contributed by atoms with Crippen molar-refractivity contribution in [2.45, 2.75) is 17.1 Å². The highest BCUT2D eigenvalue weighted by Crippen LogP contribution is 2.41. The lowest BCUT2D eigenvalue weighted by molar-refractivity contribution is 0.226. The van der Waals surface area contributed by atoms with Gasteiger partial charge in [0.15, 0.2) is 5.69 Å². The molecule has 1 atom stereocenters. The summed E-state index contributed by atoms with van der Waals surface area (Å²) in [5.41, 5.74) is 6.10. The van der Waals surface area contributed by atoms with E-state index < -0.39 is 6.23 Å². The molecule has 6 rings (SSSR count). The molecule has 0 spiro atoms. The third kappa shape index (κ3) is 4.34. The van der Waals surface area contributed by atoms with Gasteiger partial charge in [0, 0.05) is 27.6 Å². The third-order valence-electron chi connectivity index (χ3n) is 5.66. The fourth-order valence-corrected chi connectivity index (χ4v) is 5.00. The predicted octanol–water partition coefficient (Wildman–Crippen LogP) is 6.38. The van der Waals surface area contributed by atoms with Crippen LogP contribution in [-0.2, 0) is 5.75 Å². The van der Waals surface area contributed by atoms with E-state index in [1.165, 1.54) is 11.8 Å². The molecule has 0 unspecified atom stereocenters. The molecule has 0 bridgehead atoms. The van der Waals surface area contributed by atoms with Crippen molar-refractivity contribution >= 4 is 29.1 Å². The maximum atomic E-state index is 6.44. The first-order chi connectivity index (χ1) is 17.3. The van der Waals surface area contributed by atoms with Crippen LogP contribution in [0.2, 0.25) is 5.02 Å². The average molecular weight is 499 g/mol. The van der Waals surface area contributed by atoms with E-state index in [1.54, 1.807) is 6.20 Å². The van der Waals surface area contributed by atoms with Gasteiger partial charge in [-0.3, -0.25) is 5.10 Å². The van der Waals surface area contributed by atoms with Crippen molar-refractivity contribution in [1.82, 2.24) is 25.4 Å². The molecular formula is C26H19ClN6OS. The van der Waals surface area contributed by atoms with Crippen molar-refractivity contribution in [2.75, 3.05) is 5.32 Å². The number of nitrogens with one attached hydrogen (secondary N) is 2. The summed E-state index contributed by atoms with van der Waals surface area (Å²) in [6.07, 6.45) is 1.24. The smallest absolute Gasteiger partial charge is 0.247 e. The molecule has 1 aliphatic heterocycles. The highest BCUT2D eigenvalue weighted by Gasteiger charge is 2.28. The molecule has 5 aromatic rings. The second-order valence-corrected chi connectivity index (χ2v) is 9.23. The molecule has 0 radical (unpaired) electrons. The minimum Gasteiger partial charge on any atom is -0.448 e. The van der Waals surface area contributed by atoms with Crippen LogP contribution in [-0.4, -0.2) is 25.4 Å². The van der Waals surface area contributed by atoms with Crippen molar-refractivity contribution in [3.63, 3.8) is 0 Å². The first-order valence-electron chi connectivity index (χ1n) is 11.0. The number of ether oxygens (including phenoxy) is 1. The van der Waals surface area contributed by atoms with Crippen molar-refractivity contribution in [3.05, 3.63) is 101 Å². The van der Waals surface area contributed by atoms with Gasteiger partial charge >= 0.3 is 0 Å². The van der Waals surface area contributed by atoms with E-state index in [1.807, 2.05) is 78.9 Å². The van der Waals surface area contributed by atoms with Crippen molar-refractivity contribution in [1.29, 1.82) is 0 Å². The zero-order chi connectivity index (χ0) is 23.6. The lowest BCUT2D eigenvalue weighted by Crippen LogP contribution is -2.17. The van der Waals surface area contributed by atoms with Crippen LogP contribution < -0.4 is 10.1 Å². The summed E-state index contributed by atoms with van der Waals surface area (Å²) in [4.78, 5) is 4.73. The van der Waals surface area contributed by atoms with E-state index in [4.69, 9.17) is 21.3 Å². The summed E-state index contributed by atoms with van der Waals surface area (Å²) in [6.45, 7) is 0. The van der Waals surface area contributed by atoms with Gasteiger partial charge in [-0.15, -0.1) is 10.2 Å². The Balaban J connectivity index is 1.37. The van der Waals surface area contributed by atoms with Gasteiger partial charge < -0.3 is 10.1 Å². The Morgan fingerprint density at radius 3 is 2.60 bits per heavy atom. The van der Waals surface area contributed by atoms with Crippen molar-refractivity contribution in [2.24, 2.45) is 0 Å². The predicted molar refractivity (Wildman–Crippen MR) is 137 cm³/mol. The van der Waals surface area contributed by atoms with Gasteiger partial charge in [-0.05, 0) is 17.7 Å². The van der Waals surface area contributed by atoms with Crippen LogP contribution in [0.3, 0.4) is 0 Å². The van der Waals surface area contributed by atoms with Crippen LogP contribution in [0, 0.1) is 0 Å². The Morgan fingerprint density at radius 2 is 1.71 bits per heavy atom. The van der Waals surface area contributed by atoms with E-state index in [9.17, 15) is 0 Å². The number of hydrogen-bond acceptors (Lipinski definition) is 7. The van der Waals surface area contributed by atoms with Gasteiger partial charge in [0.1, 0.15) is 0 Å². The minimum absolute atomic E-state index is 0.407. The maximum absolute atomic E-state index is 6.44. The molecule has 172 valence electrons. The Morgan fingerprint density at radius 1 is 0.914 bits per heavy atom. The van der Waals surface area contributed by atoms with E-state index in [0.29, 0.717) is 27.5 Å². The number of fused-ring (bicyclic) bond motifs is 3. The summed E-state index contributed by atoms with van der Waals surface area (Å²) in [6, 6.07) is 25.7. The highest BCUT2D eigenvalue weighted by molar-refractivity contribution is 7.98. The monoisotopic (exact) mass is 498 g/mol. The second-order valence-electron chi connectivity index (χ2n) is 7.88. The molecule has 3 aromatic carbocycles. The Bertz CT molecular complexity index is 1490. The zero-order valence-corrected chi connectivity index (χ0v) is 19.9. The molecule has 2 N–H and O–H groups in total. The quantitative estimate of drug-likeness (QED) is 0.272. The van der Waals surface area contributed by atoms with Gasteiger partial charge in [0.2, 0.25) is 17.3 Å². The first kappa shape index (κ1) is 21.6. The lowest BCUT2D eigenvalue weighted by Gasteiger charge is -2.19. The molecule has 0 saturated carbocycles. The van der Waals surface area contributed by atoms with Crippen LogP contribution in [0.1, 0.15) is 17.4 Å². The molecular weight excluding hydrogens is 480 g/mol. The lowest BCUT2D eigenvalue weighted by atomic mass is 10.1. The molecule has 0 saturated heterocycles. The normalized spacial score (nSPS) is 14.3. The number of aromatic amines is 1. The van der Waals surface area contributed by atoms with Gasteiger partial charge in [-0.1, -0.05) is 90.1 Å². The number of hydrogen-bond donors (Lipinski definition) is 2. The molecule has 3 heterocycles. The molecule has 35 heavy (non-hydrogen) atoms. The van der Waals surface area contributed by atoms with Crippen molar-refractivity contribution < 1.29 is 4.74 Å². The third-order valence-corrected chi connectivity index (χ3v) is 6.92. The number of H-pyrrole nitrogens is 1. The molecule has 0 aliphatic carbocycles. The number of nitrogens with zero attached hydrogens (tertiary/aromatic N) is 4. The van der Waals surface area contributed by atoms with Gasteiger partial charge in [-0.2, -0.15) is 10.1 Å². The van der Waals surface area contributed by atoms with Gasteiger partial charge in [0.05, 0.1) is 17.5 Å². The number of rotatable bonds is 5. The summed E-state index contributed by atoms with van der Waals surface area (Å²) in [5, 5.41) is 21.0. The van der Waals surface area contributed by atoms with E-state index in [-0.39, 0.29) is 0 Å². The van der Waals surface area contributed by atoms with Crippen molar-refractivity contribution in [3.8, 4) is 28.4 Å². The Labute approximate surface area is 210 Å². The fraction of sp³-hybridized carbons (Fsp3) is 0.0769. The SMILES string of the molecule is Clc1ccccc1CSc1nnc2c(n1)O[C@@H](c1cn[nH]c1-c1ccccc1)Nc1ccccc1-2. The van der Waals surface area contributed by atoms with E-state index in [2.05, 4.69) is 25.7 Å². The molecule has 2 aromatic heterocycles. The van der Waals surface area contributed by atoms with Crippen LogP contribution in [0.15, 0.2) is 90.2 Å². The second kappa shape index (κ2) is 9.40. The van der Waals surface area contributed by atoms with Crippen LogP contribution >= 0.6 is 23.4 Å². The largest absolute Gasteiger partial charge is 0.448 e. The van der Waals surface area contributed by atoms with Crippen LogP contribution in [0.25, 0.3) is 22.5 Å². The number of aromatic nitrogens is 5. The fourth-order valence-electron chi connectivity index (χ4n) is 3.94. The molecule has 9 heteroatoms. The summed E-state index contributed by atoms with van der Waals surface area (Å²) >= 11 is 7.77. The van der Waals surface area contributed by atoms with Gasteiger partial charge in [-0.25, -0.2) is 0 Å². The average Bonchev–Trinajstić information content (AvgIpc) is 3.33. The number of para-hydroxylation sites is 1.